The highest BCUT2D eigenvalue weighted by molar-refractivity contribution is 5.93. The lowest BCUT2D eigenvalue weighted by atomic mass is 10.0. The van der Waals surface area contributed by atoms with Crippen LogP contribution in [0.4, 0.5) is 4.39 Å². The highest BCUT2D eigenvalue weighted by Crippen LogP contribution is 2.06. The number of nitrogens with one attached hydrogen (secondary N) is 1. The van der Waals surface area contributed by atoms with E-state index in [1.165, 1.54) is 12.3 Å². The Morgan fingerprint density at radius 2 is 2.41 bits per heavy atom. The summed E-state index contributed by atoms with van der Waals surface area (Å²) in [6, 6.07) is 2.56. The number of carbonyl (C=O) groups is 1. The van der Waals surface area contributed by atoms with Gasteiger partial charge >= 0.3 is 0 Å². The molecule has 0 spiro atoms. The quantitative estimate of drug-likeness (QED) is 0.738. The Hall–Kier alpha value is -1.49. The normalized spacial score (nSPS) is 12.2. The van der Waals surface area contributed by atoms with Gasteiger partial charge in [-0.15, -0.1) is 0 Å². The molecule has 4 nitrogen and oxygen atoms in total. The minimum Gasteiger partial charge on any atom is -0.396 e. The fourth-order valence-electron chi connectivity index (χ4n) is 1.52. The molecule has 0 aliphatic carbocycles. The first-order valence-electron chi connectivity index (χ1n) is 5.68. The Morgan fingerprint density at radius 1 is 1.65 bits per heavy atom. The van der Waals surface area contributed by atoms with Gasteiger partial charge in [0.25, 0.3) is 5.91 Å². The number of nitrogens with zero attached hydrogens (tertiary/aromatic N) is 1. The van der Waals surface area contributed by atoms with Gasteiger partial charge in [-0.05, 0) is 18.4 Å². The predicted octanol–water partition coefficient (Wildman–Crippen LogP) is 1.36. The van der Waals surface area contributed by atoms with Crippen molar-refractivity contribution in [3.05, 3.63) is 29.8 Å². The summed E-state index contributed by atoms with van der Waals surface area (Å²) in [6.45, 7) is 2.59. The van der Waals surface area contributed by atoms with Crippen molar-refractivity contribution in [3.8, 4) is 0 Å². The number of aromatic nitrogens is 1. The Kier molecular flexibility index (Phi) is 5.56. The van der Waals surface area contributed by atoms with E-state index in [4.69, 9.17) is 5.11 Å². The summed E-state index contributed by atoms with van der Waals surface area (Å²) >= 11 is 0. The van der Waals surface area contributed by atoms with Crippen LogP contribution < -0.4 is 5.32 Å². The Morgan fingerprint density at radius 3 is 3.00 bits per heavy atom. The molecule has 1 atom stereocenters. The lowest BCUT2D eigenvalue weighted by molar-refractivity contribution is 0.0943. The van der Waals surface area contributed by atoms with Gasteiger partial charge in [0.1, 0.15) is 0 Å². The van der Waals surface area contributed by atoms with Crippen LogP contribution in [0.25, 0.3) is 0 Å². The van der Waals surface area contributed by atoms with Crippen molar-refractivity contribution < 1.29 is 14.3 Å². The van der Waals surface area contributed by atoms with Gasteiger partial charge in [0.15, 0.2) is 0 Å². The highest BCUT2D eigenvalue weighted by atomic mass is 19.1. The van der Waals surface area contributed by atoms with Gasteiger partial charge in [0, 0.05) is 31.0 Å². The average Bonchev–Trinajstić information content (AvgIpc) is 2.34. The van der Waals surface area contributed by atoms with Crippen LogP contribution in [-0.4, -0.2) is 29.1 Å². The second-order valence-corrected chi connectivity index (χ2v) is 3.86. The molecule has 5 heteroatoms. The van der Waals surface area contributed by atoms with Gasteiger partial charge in [-0.3, -0.25) is 4.79 Å². The van der Waals surface area contributed by atoms with Crippen LogP contribution in [0.15, 0.2) is 18.3 Å². The molecule has 1 rings (SSSR count). The molecular weight excluding hydrogens is 223 g/mol. The number of hydrogen-bond acceptors (Lipinski definition) is 3. The second kappa shape index (κ2) is 6.96. The van der Waals surface area contributed by atoms with Crippen molar-refractivity contribution in [2.75, 3.05) is 13.2 Å². The SMILES string of the molecule is CCC(CCO)CNC(=O)c1ccnc(F)c1. The van der Waals surface area contributed by atoms with Crippen LogP contribution in [0.1, 0.15) is 30.1 Å². The van der Waals surface area contributed by atoms with Crippen LogP contribution in [0, 0.1) is 11.9 Å². The van der Waals surface area contributed by atoms with Crippen molar-refractivity contribution in [2.45, 2.75) is 19.8 Å². The molecule has 0 bridgehead atoms. The number of carbonyl (C=O) groups excluding carboxylic acids is 1. The molecule has 0 saturated heterocycles. The van der Waals surface area contributed by atoms with Gasteiger partial charge in [-0.1, -0.05) is 13.3 Å². The van der Waals surface area contributed by atoms with Gasteiger partial charge in [0.05, 0.1) is 0 Å². The molecule has 0 radical (unpaired) electrons. The number of aliphatic hydroxyl groups is 1. The van der Waals surface area contributed by atoms with Crippen LogP contribution in [0.3, 0.4) is 0 Å². The maximum atomic E-state index is 12.8. The molecule has 2 N–H and O–H groups in total. The molecule has 1 aromatic rings. The summed E-state index contributed by atoms with van der Waals surface area (Å²) in [6.07, 6.45) is 2.79. The summed E-state index contributed by atoms with van der Waals surface area (Å²) < 4.78 is 12.8. The zero-order valence-electron chi connectivity index (χ0n) is 9.82. The molecule has 0 aromatic carbocycles. The van der Waals surface area contributed by atoms with E-state index in [-0.39, 0.29) is 24.0 Å². The Bertz CT molecular complexity index is 371. The topological polar surface area (TPSA) is 62.2 Å². The summed E-state index contributed by atoms with van der Waals surface area (Å²) in [4.78, 5) is 15.0. The number of rotatable bonds is 6. The van der Waals surface area contributed by atoms with E-state index in [1.54, 1.807) is 0 Å². The summed E-state index contributed by atoms with van der Waals surface area (Å²) in [7, 11) is 0. The molecule has 0 saturated carbocycles. The molecule has 1 amide bonds. The Balaban J connectivity index is 2.49. The molecule has 0 aliphatic rings. The minimum absolute atomic E-state index is 0.109. The first-order valence-corrected chi connectivity index (χ1v) is 5.68. The monoisotopic (exact) mass is 240 g/mol. The predicted molar refractivity (Wildman–Crippen MR) is 62.0 cm³/mol. The number of hydrogen-bond donors (Lipinski definition) is 2. The van der Waals surface area contributed by atoms with E-state index in [0.29, 0.717) is 13.0 Å². The van der Waals surface area contributed by atoms with Gasteiger partial charge in [-0.2, -0.15) is 4.39 Å². The molecular formula is C12H17FN2O2. The summed E-state index contributed by atoms with van der Waals surface area (Å²) in [5.74, 6) is -0.738. The molecule has 0 aliphatic heterocycles. The maximum absolute atomic E-state index is 12.8. The van der Waals surface area contributed by atoms with Crippen molar-refractivity contribution >= 4 is 5.91 Å². The molecule has 1 aromatic heterocycles. The molecule has 1 heterocycles. The fourth-order valence-corrected chi connectivity index (χ4v) is 1.52. The first-order chi connectivity index (χ1) is 8.17. The zero-order chi connectivity index (χ0) is 12.7. The van der Waals surface area contributed by atoms with Crippen molar-refractivity contribution in [1.29, 1.82) is 0 Å². The van der Waals surface area contributed by atoms with E-state index in [2.05, 4.69) is 10.3 Å². The lowest BCUT2D eigenvalue weighted by Crippen LogP contribution is -2.29. The first kappa shape index (κ1) is 13.6. The number of halogens is 1. The minimum atomic E-state index is -0.667. The molecule has 0 fully saturated rings. The number of pyridine rings is 1. The van der Waals surface area contributed by atoms with Crippen molar-refractivity contribution in [1.82, 2.24) is 10.3 Å². The third-order valence-corrected chi connectivity index (χ3v) is 2.65. The van der Waals surface area contributed by atoms with E-state index in [9.17, 15) is 9.18 Å². The number of aliphatic hydroxyl groups excluding tert-OH is 1. The fraction of sp³-hybridized carbons (Fsp3) is 0.500. The summed E-state index contributed by atoms with van der Waals surface area (Å²) in [5, 5.41) is 11.5. The van der Waals surface area contributed by atoms with Gasteiger partial charge in [0.2, 0.25) is 5.95 Å². The third-order valence-electron chi connectivity index (χ3n) is 2.65. The molecule has 17 heavy (non-hydrogen) atoms. The highest BCUT2D eigenvalue weighted by Gasteiger charge is 2.10. The third kappa shape index (κ3) is 4.48. The molecule has 94 valence electrons. The average molecular weight is 240 g/mol. The zero-order valence-corrected chi connectivity index (χ0v) is 9.82. The van der Waals surface area contributed by atoms with Crippen LogP contribution >= 0.6 is 0 Å². The van der Waals surface area contributed by atoms with Crippen molar-refractivity contribution in [3.63, 3.8) is 0 Å². The standard InChI is InChI=1S/C12H17FN2O2/c1-2-9(4-6-16)8-15-12(17)10-3-5-14-11(13)7-10/h3,5,7,9,16H,2,4,6,8H2,1H3,(H,15,17). The molecule has 1 unspecified atom stereocenters. The van der Waals surface area contributed by atoms with Crippen LogP contribution in [0.2, 0.25) is 0 Å². The van der Waals surface area contributed by atoms with Gasteiger partial charge < -0.3 is 10.4 Å². The van der Waals surface area contributed by atoms with E-state index in [0.717, 1.165) is 12.5 Å². The van der Waals surface area contributed by atoms with Gasteiger partial charge in [-0.25, -0.2) is 4.98 Å². The smallest absolute Gasteiger partial charge is 0.251 e. The van der Waals surface area contributed by atoms with Crippen molar-refractivity contribution in [2.24, 2.45) is 5.92 Å². The second-order valence-electron chi connectivity index (χ2n) is 3.86. The lowest BCUT2D eigenvalue weighted by Gasteiger charge is -2.14. The Labute approximate surface area is 99.9 Å². The maximum Gasteiger partial charge on any atom is 0.251 e. The van der Waals surface area contributed by atoms with E-state index in [1.807, 2.05) is 6.92 Å². The van der Waals surface area contributed by atoms with Crippen LogP contribution in [0.5, 0.6) is 0 Å². The number of amides is 1. The van der Waals surface area contributed by atoms with Crippen LogP contribution in [-0.2, 0) is 0 Å². The van der Waals surface area contributed by atoms with E-state index >= 15 is 0 Å². The largest absolute Gasteiger partial charge is 0.396 e. The summed E-state index contributed by atoms with van der Waals surface area (Å²) in [5.41, 5.74) is 0.261. The van der Waals surface area contributed by atoms with E-state index < -0.39 is 5.95 Å².